The molecule has 6 nitrogen and oxygen atoms in total. The van der Waals surface area contributed by atoms with Crippen molar-refractivity contribution in [2.24, 2.45) is 0 Å². The Morgan fingerprint density at radius 1 is 1.22 bits per heavy atom. The van der Waals surface area contributed by atoms with E-state index in [1.807, 2.05) is 48.5 Å². The predicted molar refractivity (Wildman–Crippen MR) is 103 cm³/mol. The van der Waals surface area contributed by atoms with Crippen LogP contribution in [0.2, 0.25) is 5.02 Å². The lowest BCUT2D eigenvalue weighted by atomic mass is 10.1. The predicted octanol–water partition coefficient (Wildman–Crippen LogP) is 3.58. The maximum Gasteiger partial charge on any atom is 0.220 e. The highest BCUT2D eigenvalue weighted by Gasteiger charge is 2.23. The van der Waals surface area contributed by atoms with Gasteiger partial charge in [0, 0.05) is 17.0 Å². The summed E-state index contributed by atoms with van der Waals surface area (Å²) in [7, 11) is 0. The minimum atomic E-state index is 0.0474. The van der Waals surface area contributed by atoms with Crippen molar-refractivity contribution in [3.63, 3.8) is 0 Å². The average molecular weight is 382 g/mol. The summed E-state index contributed by atoms with van der Waals surface area (Å²) < 4.78 is 0. The van der Waals surface area contributed by atoms with Crippen LogP contribution in [0.1, 0.15) is 36.4 Å². The number of hydrogen-bond acceptors (Lipinski definition) is 4. The highest BCUT2D eigenvalue weighted by molar-refractivity contribution is 6.30. The Bertz CT molecular complexity index is 941. The van der Waals surface area contributed by atoms with Crippen molar-refractivity contribution in [2.45, 2.75) is 38.3 Å². The molecule has 1 atom stereocenters. The number of nitrogens with zero attached hydrogens (tertiary/aromatic N) is 4. The molecule has 1 aliphatic rings. The van der Waals surface area contributed by atoms with E-state index in [0.717, 1.165) is 23.4 Å². The molecule has 4 rings (SSSR count). The van der Waals surface area contributed by atoms with E-state index in [1.165, 1.54) is 11.1 Å². The van der Waals surface area contributed by atoms with Gasteiger partial charge < -0.3 is 5.32 Å². The zero-order chi connectivity index (χ0) is 18.6. The first-order valence-electron chi connectivity index (χ1n) is 9.10. The van der Waals surface area contributed by atoms with E-state index in [-0.39, 0.29) is 11.9 Å². The van der Waals surface area contributed by atoms with Crippen molar-refractivity contribution >= 4 is 17.5 Å². The van der Waals surface area contributed by atoms with Gasteiger partial charge in [-0.3, -0.25) is 4.79 Å². The monoisotopic (exact) mass is 381 g/mol. The van der Waals surface area contributed by atoms with Crippen molar-refractivity contribution in [3.05, 3.63) is 64.7 Å². The Morgan fingerprint density at radius 2 is 2.07 bits per heavy atom. The molecule has 138 valence electrons. The molecule has 1 heterocycles. The van der Waals surface area contributed by atoms with E-state index >= 15 is 0 Å². The number of hydrogen-bond donors (Lipinski definition) is 1. The van der Waals surface area contributed by atoms with E-state index in [4.69, 9.17) is 11.6 Å². The number of rotatable bonds is 6. The maximum atomic E-state index is 12.3. The number of aromatic nitrogens is 4. The van der Waals surface area contributed by atoms with Crippen molar-refractivity contribution in [3.8, 4) is 11.4 Å². The van der Waals surface area contributed by atoms with Crippen LogP contribution in [0.4, 0.5) is 0 Å². The summed E-state index contributed by atoms with van der Waals surface area (Å²) in [6.45, 7) is 0.560. The minimum absolute atomic E-state index is 0.0474. The second-order valence-corrected chi connectivity index (χ2v) is 7.12. The van der Waals surface area contributed by atoms with Crippen molar-refractivity contribution in [1.82, 2.24) is 25.5 Å². The van der Waals surface area contributed by atoms with E-state index < -0.39 is 0 Å². The lowest BCUT2D eigenvalue weighted by Gasteiger charge is -2.14. The normalized spacial score (nSPS) is 15.5. The third kappa shape index (κ3) is 4.17. The molecule has 0 saturated carbocycles. The number of carbonyl (C=O) groups is 1. The molecule has 3 aromatic rings. The molecule has 1 N–H and O–H groups in total. The third-order valence-electron chi connectivity index (χ3n) is 4.76. The molecule has 0 radical (unpaired) electrons. The lowest BCUT2D eigenvalue weighted by molar-refractivity contribution is -0.122. The summed E-state index contributed by atoms with van der Waals surface area (Å²) >= 11 is 6.04. The van der Waals surface area contributed by atoms with Gasteiger partial charge in [0.2, 0.25) is 11.7 Å². The average Bonchev–Trinajstić information content (AvgIpc) is 3.30. The Balaban J connectivity index is 1.27. The van der Waals surface area contributed by atoms with Crippen LogP contribution >= 0.6 is 11.6 Å². The Labute approximate surface area is 162 Å². The summed E-state index contributed by atoms with van der Waals surface area (Å²) in [5.74, 6) is 0.646. The van der Waals surface area contributed by atoms with E-state index in [0.29, 0.717) is 25.2 Å². The molecule has 0 bridgehead atoms. The molecule has 1 aromatic heterocycles. The smallest absolute Gasteiger partial charge is 0.220 e. The number of amides is 1. The minimum Gasteiger partial charge on any atom is -0.349 e. The second-order valence-electron chi connectivity index (χ2n) is 6.68. The molecule has 1 amide bonds. The molecule has 1 unspecified atom stereocenters. The van der Waals surface area contributed by atoms with Crippen molar-refractivity contribution in [1.29, 1.82) is 0 Å². The number of tetrazole rings is 1. The van der Waals surface area contributed by atoms with Gasteiger partial charge in [-0.05, 0) is 47.7 Å². The standard InChI is InChI=1S/C20H20ClN5O/c21-16-9-10-17-15(13-16)8-11-18(17)22-19(27)7-4-12-26-24-20(23-25-26)14-5-2-1-3-6-14/h1-3,5-6,9-10,13,18H,4,7-8,11-12H2,(H,22,27). The first kappa shape index (κ1) is 17.7. The molecular formula is C20H20ClN5O. The summed E-state index contributed by atoms with van der Waals surface area (Å²) in [6, 6.07) is 15.7. The SMILES string of the molecule is O=C(CCCn1nnc(-c2ccccc2)n1)NC1CCc2cc(Cl)ccc21. The molecule has 0 saturated heterocycles. The fourth-order valence-electron chi connectivity index (χ4n) is 3.42. The van der Waals surface area contributed by atoms with Crippen molar-refractivity contribution in [2.75, 3.05) is 0 Å². The maximum absolute atomic E-state index is 12.3. The van der Waals surface area contributed by atoms with Crippen LogP contribution in [0.25, 0.3) is 11.4 Å². The Hall–Kier alpha value is -2.73. The van der Waals surface area contributed by atoms with Crippen LogP contribution < -0.4 is 5.32 Å². The molecule has 0 spiro atoms. The molecule has 1 aliphatic carbocycles. The second kappa shape index (κ2) is 7.88. The van der Waals surface area contributed by atoms with E-state index in [9.17, 15) is 4.79 Å². The number of carbonyl (C=O) groups excluding carboxylic acids is 1. The van der Waals surface area contributed by atoms with Gasteiger partial charge in [0.1, 0.15) is 0 Å². The van der Waals surface area contributed by atoms with Gasteiger partial charge in [-0.2, -0.15) is 4.80 Å². The highest BCUT2D eigenvalue weighted by Crippen LogP contribution is 2.32. The molecule has 2 aromatic carbocycles. The van der Waals surface area contributed by atoms with Crippen LogP contribution in [-0.4, -0.2) is 26.1 Å². The number of aryl methyl sites for hydroxylation is 2. The van der Waals surface area contributed by atoms with Crippen LogP contribution in [0.15, 0.2) is 48.5 Å². The van der Waals surface area contributed by atoms with E-state index in [2.05, 4.69) is 20.7 Å². The van der Waals surface area contributed by atoms with Gasteiger partial charge >= 0.3 is 0 Å². The molecular weight excluding hydrogens is 362 g/mol. The van der Waals surface area contributed by atoms with Crippen LogP contribution in [0.5, 0.6) is 0 Å². The number of benzene rings is 2. The van der Waals surface area contributed by atoms with Gasteiger partial charge in [0.25, 0.3) is 0 Å². The Kier molecular flexibility index (Phi) is 5.16. The molecule has 0 aliphatic heterocycles. The van der Waals surface area contributed by atoms with E-state index in [1.54, 1.807) is 4.80 Å². The fourth-order valence-corrected chi connectivity index (χ4v) is 3.62. The first-order valence-corrected chi connectivity index (χ1v) is 9.48. The quantitative estimate of drug-likeness (QED) is 0.708. The molecule has 0 fully saturated rings. The molecule has 7 heteroatoms. The van der Waals surface area contributed by atoms with Gasteiger partial charge in [-0.25, -0.2) is 0 Å². The summed E-state index contributed by atoms with van der Waals surface area (Å²) in [4.78, 5) is 13.8. The van der Waals surface area contributed by atoms with Crippen molar-refractivity contribution < 1.29 is 4.79 Å². The van der Waals surface area contributed by atoms with Gasteiger partial charge in [0.05, 0.1) is 12.6 Å². The van der Waals surface area contributed by atoms with Gasteiger partial charge in [0.15, 0.2) is 0 Å². The lowest BCUT2D eigenvalue weighted by Crippen LogP contribution is -2.27. The number of nitrogens with one attached hydrogen (secondary N) is 1. The topological polar surface area (TPSA) is 72.7 Å². The third-order valence-corrected chi connectivity index (χ3v) is 5.00. The number of halogens is 1. The first-order chi connectivity index (χ1) is 13.2. The Morgan fingerprint density at radius 3 is 2.93 bits per heavy atom. The largest absolute Gasteiger partial charge is 0.349 e. The molecule has 27 heavy (non-hydrogen) atoms. The van der Waals surface area contributed by atoms with Crippen LogP contribution in [0.3, 0.4) is 0 Å². The summed E-state index contributed by atoms with van der Waals surface area (Å²) in [5.41, 5.74) is 3.34. The summed E-state index contributed by atoms with van der Waals surface area (Å²) in [6.07, 6.45) is 2.97. The summed E-state index contributed by atoms with van der Waals surface area (Å²) in [5, 5.41) is 16.4. The highest BCUT2D eigenvalue weighted by atomic mass is 35.5. The number of fused-ring (bicyclic) bond motifs is 1. The van der Waals surface area contributed by atoms with Crippen LogP contribution in [0, 0.1) is 0 Å². The fraction of sp³-hybridized carbons (Fsp3) is 0.300. The van der Waals surface area contributed by atoms with Gasteiger partial charge in [-0.15, -0.1) is 10.2 Å². The zero-order valence-electron chi connectivity index (χ0n) is 14.8. The van der Waals surface area contributed by atoms with Crippen LogP contribution in [-0.2, 0) is 17.8 Å². The zero-order valence-corrected chi connectivity index (χ0v) is 15.6. The van der Waals surface area contributed by atoms with Gasteiger partial charge in [-0.1, -0.05) is 48.0 Å².